The van der Waals surface area contributed by atoms with Crippen LogP contribution in [0.5, 0.6) is 11.5 Å². The van der Waals surface area contributed by atoms with Crippen molar-refractivity contribution < 1.29 is 14.3 Å². The summed E-state index contributed by atoms with van der Waals surface area (Å²) in [6.07, 6.45) is 1.77. The molecule has 0 aliphatic rings. The zero-order valence-electron chi connectivity index (χ0n) is 11.8. The van der Waals surface area contributed by atoms with Crippen molar-refractivity contribution in [3.63, 3.8) is 0 Å². The summed E-state index contributed by atoms with van der Waals surface area (Å²) in [6.45, 7) is 0. The smallest absolute Gasteiger partial charge is 0.289 e. The second kappa shape index (κ2) is 5.33. The second-order valence-corrected chi connectivity index (χ2v) is 4.81. The van der Waals surface area contributed by atoms with Crippen molar-refractivity contribution in [3.8, 4) is 11.5 Å². The minimum Gasteiger partial charge on any atom is -0.457 e. The Morgan fingerprint density at radius 2 is 1.91 bits per heavy atom. The molecule has 3 aromatic rings. The number of nitrogens with zero attached hydrogens (tertiary/aromatic N) is 2. The number of nitrogens with two attached hydrogens (primary N) is 1. The van der Waals surface area contributed by atoms with E-state index in [9.17, 15) is 9.59 Å². The van der Waals surface area contributed by atoms with Gasteiger partial charge in [0.05, 0.1) is 11.7 Å². The maximum Gasteiger partial charge on any atom is 0.289 e. The summed E-state index contributed by atoms with van der Waals surface area (Å²) in [4.78, 5) is 22.5. The molecule has 0 aliphatic heterocycles. The molecule has 3 rings (SSSR count). The molecule has 1 amide bonds. The van der Waals surface area contributed by atoms with Crippen molar-refractivity contribution in [2.75, 3.05) is 0 Å². The molecule has 0 fully saturated rings. The van der Waals surface area contributed by atoms with Crippen LogP contribution in [0.3, 0.4) is 0 Å². The van der Waals surface area contributed by atoms with Gasteiger partial charge in [0.2, 0.25) is 5.78 Å². The van der Waals surface area contributed by atoms with E-state index in [2.05, 4.69) is 5.10 Å². The number of benzene rings is 2. The molecule has 0 unspecified atom stereocenters. The van der Waals surface area contributed by atoms with Crippen molar-refractivity contribution >= 4 is 22.6 Å². The van der Waals surface area contributed by atoms with Gasteiger partial charge < -0.3 is 10.5 Å². The molecule has 2 N–H and O–H groups in total. The minimum atomic E-state index is -0.992. The predicted molar refractivity (Wildman–Crippen MR) is 80.8 cm³/mol. The van der Waals surface area contributed by atoms with Gasteiger partial charge in [-0.3, -0.25) is 14.3 Å². The third-order valence-corrected chi connectivity index (χ3v) is 3.28. The molecule has 2 aromatic carbocycles. The zero-order chi connectivity index (χ0) is 15.7. The molecule has 1 heterocycles. The number of fused-ring (bicyclic) bond motifs is 1. The summed E-state index contributed by atoms with van der Waals surface area (Å²) in [5, 5.41) is 5.17. The van der Waals surface area contributed by atoms with Crippen molar-refractivity contribution in [3.05, 3.63) is 54.2 Å². The Balaban J connectivity index is 1.91. The van der Waals surface area contributed by atoms with Crippen LogP contribution < -0.4 is 10.5 Å². The van der Waals surface area contributed by atoms with Crippen LogP contribution in [0, 0.1) is 0 Å². The molecule has 0 bridgehead atoms. The van der Waals surface area contributed by atoms with Crippen LogP contribution in [0.4, 0.5) is 0 Å². The van der Waals surface area contributed by atoms with E-state index in [0.29, 0.717) is 11.5 Å². The largest absolute Gasteiger partial charge is 0.457 e. The van der Waals surface area contributed by atoms with E-state index < -0.39 is 11.7 Å². The third kappa shape index (κ3) is 2.54. The Labute approximate surface area is 126 Å². The molecular weight excluding hydrogens is 282 g/mol. The molecule has 22 heavy (non-hydrogen) atoms. The van der Waals surface area contributed by atoms with Crippen molar-refractivity contribution in [1.82, 2.24) is 9.78 Å². The fourth-order valence-electron chi connectivity index (χ4n) is 2.17. The first-order valence-electron chi connectivity index (χ1n) is 6.58. The Kier molecular flexibility index (Phi) is 3.34. The molecular formula is C16H13N3O3. The van der Waals surface area contributed by atoms with Gasteiger partial charge in [-0.05, 0) is 24.3 Å². The van der Waals surface area contributed by atoms with E-state index in [1.807, 2.05) is 25.2 Å². The Morgan fingerprint density at radius 3 is 2.68 bits per heavy atom. The van der Waals surface area contributed by atoms with E-state index in [1.54, 1.807) is 23.0 Å². The van der Waals surface area contributed by atoms with E-state index >= 15 is 0 Å². The lowest BCUT2D eigenvalue weighted by atomic mass is 10.1. The topological polar surface area (TPSA) is 87.2 Å². The van der Waals surface area contributed by atoms with E-state index in [1.165, 1.54) is 12.1 Å². The number of hydrogen-bond acceptors (Lipinski definition) is 4. The zero-order valence-corrected chi connectivity index (χ0v) is 11.8. The first kappa shape index (κ1) is 13.8. The number of rotatable bonds is 4. The van der Waals surface area contributed by atoms with E-state index in [0.717, 1.165) is 10.9 Å². The van der Waals surface area contributed by atoms with Crippen LogP contribution in [0.2, 0.25) is 0 Å². The number of carbonyl (C=O) groups excluding carboxylic acids is 2. The van der Waals surface area contributed by atoms with Gasteiger partial charge in [-0.2, -0.15) is 5.10 Å². The van der Waals surface area contributed by atoms with Gasteiger partial charge in [-0.25, -0.2) is 0 Å². The SMILES string of the molecule is Cn1ncc2ccc(Oc3cccc(C(=O)C(N)=O)c3)cc21. The monoisotopic (exact) mass is 295 g/mol. The number of aryl methyl sites for hydroxylation is 1. The highest BCUT2D eigenvalue weighted by Gasteiger charge is 2.13. The number of carbonyl (C=O) groups is 2. The highest BCUT2D eigenvalue weighted by molar-refractivity contribution is 6.42. The van der Waals surface area contributed by atoms with Crippen LogP contribution in [-0.2, 0) is 11.8 Å². The third-order valence-electron chi connectivity index (χ3n) is 3.28. The van der Waals surface area contributed by atoms with Gasteiger partial charge in [-0.1, -0.05) is 12.1 Å². The second-order valence-electron chi connectivity index (χ2n) is 4.81. The van der Waals surface area contributed by atoms with E-state index in [-0.39, 0.29) is 5.56 Å². The number of ketones is 1. The summed E-state index contributed by atoms with van der Waals surface area (Å²) in [5.74, 6) is -0.672. The van der Waals surface area contributed by atoms with Gasteiger partial charge in [0.15, 0.2) is 0 Å². The number of amides is 1. The predicted octanol–water partition coefficient (Wildman–Crippen LogP) is 2.03. The number of aromatic nitrogens is 2. The van der Waals surface area contributed by atoms with Crippen LogP contribution in [0.15, 0.2) is 48.7 Å². The lowest BCUT2D eigenvalue weighted by Gasteiger charge is -2.07. The van der Waals surface area contributed by atoms with Crippen molar-refractivity contribution in [2.45, 2.75) is 0 Å². The Bertz CT molecular complexity index is 883. The fourth-order valence-corrected chi connectivity index (χ4v) is 2.17. The maximum absolute atomic E-state index is 11.6. The lowest BCUT2D eigenvalue weighted by molar-refractivity contribution is -0.114. The standard InChI is InChI=1S/C16H13N3O3/c1-19-14-8-13(6-5-11(14)9-18-19)22-12-4-2-3-10(7-12)15(20)16(17)21/h2-9H,1H3,(H2,17,21). The Morgan fingerprint density at radius 1 is 1.14 bits per heavy atom. The fraction of sp³-hybridized carbons (Fsp3) is 0.0625. The number of ether oxygens (including phenoxy) is 1. The Hall–Kier alpha value is -3.15. The van der Waals surface area contributed by atoms with Crippen LogP contribution in [0.1, 0.15) is 10.4 Å². The highest BCUT2D eigenvalue weighted by Crippen LogP contribution is 2.26. The average Bonchev–Trinajstić information content (AvgIpc) is 2.88. The molecule has 0 atom stereocenters. The van der Waals surface area contributed by atoms with Gasteiger partial charge in [0, 0.05) is 24.1 Å². The molecule has 0 radical (unpaired) electrons. The molecule has 0 saturated heterocycles. The lowest BCUT2D eigenvalue weighted by Crippen LogP contribution is -2.22. The summed E-state index contributed by atoms with van der Waals surface area (Å²) in [5.41, 5.74) is 6.13. The molecule has 0 aliphatic carbocycles. The number of primary amides is 1. The summed E-state index contributed by atoms with van der Waals surface area (Å²) >= 11 is 0. The first-order valence-corrected chi connectivity index (χ1v) is 6.58. The molecule has 110 valence electrons. The summed E-state index contributed by atoms with van der Waals surface area (Å²) < 4.78 is 7.48. The van der Waals surface area contributed by atoms with Gasteiger partial charge >= 0.3 is 0 Å². The highest BCUT2D eigenvalue weighted by atomic mass is 16.5. The molecule has 0 spiro atoms. The van der Waals surface area contributed by atoms with Crippen LogP contribution >= 0.6 is 0 Å². The van der Waals surface area contributed by atoms with Crippen LogP contribution in [-0.4, -0.2) is 21.5 Å². The van der Waals surface area contributed by atoms with Gasteiger partial charge in [0.25, 0.3) is 5.91 Å². The summed E-state index contributed by atoms with van der Waals surface area (Å²) in [6, 6.07) is 11.9. The quantitative estimate of drug-likeness (QED) is 0.589. The normalized spacial score (nSPS) is 10.6. The van der Waals surface area contributed by atoms with Crippen molar-refractivity contribution in [1.29, 1.82) is 0 Å². The molecule has 6 nitrogen and oxygen atoms in total. The average molecular weight is 295 g/mol. The number of Topliss-reactive ketones (excluding diaryl/α,β-unsaturated/α-hetero) is 1. The number of hydrogen-bond donors (Lipinski definition) is 1. The van der Waals surface area contributed by atoms with Gasteiger partial charge in [0.1, 0.15) is 11.5 Å². The first-order chi connectivity index (χ1) is 10.5. The molecule has 1 aromatic heterocycles. The van der Waals surface area contributed by atoms with Crippen molar-refractivity contribution in [2.24, 2.45) is 12.8 Å². The van der Waals surface area contributed by atoms with E-state index in [4.69, 9.17) is 10.5 Å². The summed E-state index contributed by atoms with van der Waals surface area (Å²) in [7, 11) is 1.85. The van der Waals surface area contributed by atoms with Gasteiger partial charge in [-0.15, -0.1) is 0 Å². The molecule has 6 heteroatoms. The van der Waals surface area contributed by atoms with Crippen LogP contribution in [0.25, 0.3) is 10.9 Å². The minimum absolute atomic E-state index is 0.201. The molecule has 0 saturated carbocycles. The maximum atomic E-state index is 11.6.